The molecule has 1 heterocycles. The van der Waals surface area contributed by atoms with Crippen molar-refractivity contribution in [2.75, 3.05) is 0 Å². The first-order chi connectivity index (χ1) is 7.70. The first-order valence-electron chi connectivity index (χ1n) is 5.77. The highest BCUT2D eigenvalue weighted by molar-refractivity contribution is 6.35. The van der Waals surface area contributed by atoms with Gasteiger partial charge in [-0.15, -0.1) is 0 Å². The molecule has 2 aromatic rings. The number of benzene rings is 1. The third-order valence-electron chi connectivity index (χ3n) is 2.05. The van der Waals surface area contributed by atoms with E-state index >= 15 is 0 Å². The maximum Gasteiger partial charge on any atom is 0.0723 e. The summed E-state index contributed by atoms with van der Waals surface area (Å²) in [6, 6.07) is 3.91. The Morgan fingerprint density at radius 2 is 1.69 bits per heavy atom. The second kappa shape index (κ2) is 7.29. The van der Waals surface area contributed by atoms with Crippen LogP contribution in [0.5, 0.6) is 0 Å². The van der Waals surface area contributed by atoms with E-state index in [4.69, 9.17) is 11.6 Å². The quantitative estimate of drug-likeness (QED) is 0.659. The van der Waals surface area contributed by atoms with Gasteiger partial charge in [-0.2, -0.15) is 5.10 Å². The van der Waals surface area contributed by atoms with Crippen LogP contribution in [0.25, 0.3) is 10.9 Å². The predicted octanol–water partition coefficient (Wildman–Crippen LogP) is 4.59. The lowest BCUT2D eigenvalue weighted by atomic mass is 10.2. The highest BCUT2D eigenvalue weighted by Crippen LogP contribution is 2.25. The smallest absolute Gasteiger partial charge is 0.0723 e. The van der Waals surface area contributed by atoms with Gasteiger partial charge in [0, 0.05) is 12.4 Å². The van der Waals surface area contributed by atoms with Crippen LogP contribution in [-0.4, -0.2) is 9.78 Å². The molecule has 0 unspecified atom stereocenters. The zero-order valence-corrected chi connectivity index (χ0v) is 11.8. The number of nitrogens with zero attached hydrogens (tertiary/aromatic N) is 2. The Kier molecular flexibility index (Phi) is 6.82. The average Bonchev–Trinajstić information content (AvgIpc) is 2.73. The van der Waals surface area contributed by atoms with Crippen LogP contribution in [0.15, 0.2) is 18.3 Å². The number of hydrogen-bond donors (Lipinski definition) is 0. The van der Waals surface area contributed by atoms with Crippen LogP contribution in [-0.2, 0) is 7.05 Å². The number of halogens is 1. The minimum absolute atomic E-state index is 0.767. The molecule has 0 fully saturated rings. The molecule has 0 spiro atoms. The molecule has 0 amide bonds. The molecule has 0 radical (unpaired) electrons. The van der Waals surface area contributed by atoms with Gasteiger partial charge in [0.25, 0.3) is 0 Å². The summed E-state index contributed by atoms with van der Waals surface area (Å²) in [6.07, 6.45) is 1.80. The van der Waals surface area contributed by atoms with E-state index in [1.54, 1.807) is 6.20 Å². The Hall–Kier alpha value is -1.02. The van der Waals surface area contributed by atoms with E-state index in [0.29, 0.717) is 0 Å². The normalized spacial score (nSPS) is 8.94. The third-order valence-corrected chi connectivity index (χ3v) is 2.38. The highest BCUT2D eigenvalue weighted by Gasteiger charge is 2.05. The molecular formula is C13H21ClN2. The molecule has 0 bridgehead atoms. The van der Waals surface area contributed by atoms with Crippen LogP contribution < -0.4 is 0 Å². The maximum absolute atomic E-state index is 5.99. The molecule has 2 rings (SSSR count). The topological polar surface area (TPSA) is 17.8 Å². The van der Waals surface area contributed by atoms with E-state index in [1.807, 2.05) is 51.6 Å². The molecule has 16 heavy (non-hydrogen) atoms. The third kappa shape index (κ3) is 2.99. The van der Waals surface area contributed by atoms with Gasteiger partial charge >= 0.3 is 0 Å². The van der Waals surface area contributed by atoms with Gasteiger partial charge < -0.3 is 0 Å². The second-order valence-electron chi connectivity index (χ2n) is 2.89. The summed E-state index contributed by atoms with van der Waals surface area (Å²) in [5.41, 5.74) is 2.32. The van der Waals surface area contributed by atoms with Crippen LogP contribution in [0.4, 0.5) is 0 Å². The fourth-order valence-electron chi connectivity index (χ4n) is 1.45. The van der Waals surface area contributed by atoms with Gasteiger partial charge in [-0.05, 0) is 18.6 Å². The molecular weight excluding hydrogens is 220 g/mol. The lowest BCUT2D eigenvalue weighted by molar-refractivity contribution is 0.794. The van der Waals surface area contributed by atoms with E-state index in [1.165, 1.54) is 5.56 Å². The number of aryl methyl sites for hydroxylation is 2. The number of fused-ring (bicyclic) bond motifs is 1. The van der Waals surface area contributed by atoms with Gasteiger partial charge in [-0.25, -0.2) is 0 Å². The number of aromatic nitrogens is 2. The van der Waals surface area contributed by atoms with Crippen molar-refractivity contribution in [1.82, 2.24) is 9.78 Å². The van der Waals surface area contributed by atoms with Crippen molar-refractivity contribution in [1.29, 1.82) is 0 Å². The largest absolute Gasteiger partial charge is 0.268 e. The van der Waals surface area contributed by atoms with Crippen molar-refractivity contribution < 1.29 is 0 Å². The summed E-state index contributed by atoms with van der Waals surface area (Å²) in [4.78, 5) is 0. The molecule has 3 heteroatoms. The summed E-state index contributed by atoms with van der Waals surface area (Å²) in [5, 5.41) is 5.94. The van der Waals surface area contributed by atoms with E-state index in [0.717, 1.165) is 15.9 Å². The summed E-state index contributed by atoms with van der Waals surface area (Å²) in [7, 11) is 1.92. The zero-order chi connectivity index (χ0) is 12.7. The standard InChI is InChI=1S/C9H9ClN2.2C2H6/c1-6-3-4-8(10)7-5-11-12(2)9(6)7;2*1-2/h3-5H,1-2H3;2*1-2H3. The molecule has 0 aliphatic rings. The second-order valence-corrected chi connectivity index (χ2v) is 3.30. The van der Waals surface area contributed by atoms with Crippen molar-refractivity contribution in [2.24, 2.45) is 7.05 Å². The Labute approximate surface area is 103 Å². The minimum Gasteiger partial charge on any atom is -0.268 e. The maximum atomic E-state index is 5.99. The van der Waals surface area contributed by atoms with E-state index in [2.05, 4.69) is 12.0 Å². The fraction of sp³-hybridized carbons (Fsp3) is 0.462. The van der Waals surface area contributed by atoms with E-state index < -0.39 is 0 Å². The van der Waals surface area contributed by atoms with E-state index in [-0.39, 0.29) is 0 Å². The number of rotatable bonds is 0. The molecule has 0 N–H and O–H groups in total. The molecule has 0 atom stereocenters. The fourth-order valence-corrected chi connectivity index (χ4v) is 1.65. The van der Waals surface area contributed by atoms with Crippen molar-refractivity contribution in [3.05, 3.63) is 28.9 Å². The highest BCUT2D eigenvalue weighted by atomic mass is 35.5. The van der Waals surface area contributed by atoms with Crippen molar-refractivity contribution in [3.8, 4) is 0 Å². The summed E-state index contributed by atoms with van der Waals surface area (Å²) in [5.74, 6) is 0. The van der Waals surface area contributed by atoms with E-state index in [9.17, 15) is 0 Å². The first-order valence-corrected chi connectivity index (χ1v) is 6.15. The molecule has 0 saturated carbocycles. The molecule has 2 nitrogen and oxygen atoms in total. The summed E-state index contributed by atoms with van der Waals surface area (Å²) >= 11 is 5.99. The SMILES string of the molecule is CC.CC.Cc1ccc(Cl)c2cnn(C)c12. The van der Waals surface area contributed by atoms with Crippen molar-refractivity contribution >= 4 is 22.5 Å². The lowest BCUT2D eigenvalue weighted by Crippen LogP contribution is -1.90. The Bertz CT molecular complexity index is 433. The van der Waals surface area contributed by atoms with Gasteiger partial charge in [-0.3, -0.25) is 4.68 Å². The molecule has 0 aliphatic heterocycles. The summed E-state index contributed by atoms with van der Waals surface area (Å²) in [6.45, 7) is 10.1. The van der Waals surface area contributed by atoms with Crippen LogP contribution in [0, 0.1) is 6.92 Å². The van der Waals surface area contributed by atoms with Crippen LogP contribution in [0.1, 0.15) is 33.3 Å². The Morgan fingerprint density at radius 1 is 1.12 bits per heavy atom. The molecule has 0 aliphatic carbocycles. The van der Waals surface area contributed by atoms with Crippen LogP contribution >= 0.6 is 11.6 Å². The minimum atomic E-state index is 0.767. The lowest BCUT2D eigenvalue weighted by Gasteiger charge is -1.99. The monoisotopic (exact) mass is 240 g/mol. The number of hydrogen-bond acceptors (Lipinski definition) is 1. The van der Waals surface area contributed by atoms with Gasteiger partial charge in [0.2, 0.25) is 0 Å². The van der Waals surface area contributed by atoms with Crippen molar-refractivity contribution in [2.45, 2.75) is 34.6 Å². The van der Waals surface area contributed by atoms with Crippen LogP contribution in [0.2, 0.25) is 5.02 Å². The molecule has 90 valence electrons. The molecule has 0 saturated heterocycles. The first kappa shape index (κ1) is 15.0. The predicted molar refractivity (Wildman–Crippen MR) is 73.2 cm³/mol. The van der Waals surface area contributed by atoms with Gasteiger partial charge in [0.1, 0.15) is 0 Å². The van der Waals surface area contributed by atoms with Crippen molar-refractivity contribution in [3.63, 3.8) is 0 Å². The zero-order valence-electron chi connectivity index (χ0n) is 11.0. The van der Waals surface area contributed by atoms with Gasteiger partial charge in [0.15, 0.2) is 0 Å². The Morgan fingerprint density at radius 3 is 2.19 bits per heavy atom. The molecule has 1 aromatic carbocycles. The average molecular weight is 241 g/mol. The van der Waals surface area contributed by atoms with Gasteiger partial charge in [0.05, 0.1) is 16.7 Å². The van der Waals surface area contributed by atoms with Crippen LogP contribution in [0.3, 0.4) is 0 Å². The molecule has 1 aromatic heterocycles. The summed E-state index contributed by atoms with van der Waals surface area (Å²) < 4.78 is 1.84. The van der Waals surface area contributed by atoms with Gasteiger partial charge in [-0.1, -0.05) is 45.4 Å². The Balaban J connectivity index is 0.000000509.